The van der Waals surface area contributed by atoms with Gasteiger partial charge in [0.05, 0.1) is 11.5 Å². The second-order valence-electron chi connectivity index (χ2n) is 3.99. The lowest BCUT2D eigenvalue weighted by molar-refractivity contribution is 0.281. The van der Waals surface area contributed by atoms with E-state index in [1.54, 1.807) is 26.0 Å². The van der Waals surface area contributed by atoms with E-state index < -0.39 is 10.0 Å². The molecule has 8 heteroatoms. The van der Waals surface area contributed by atoms with Crippen molar-refractivity contribution >= 4 is 26.5 Å². The van der Waals surface area contributed by atoms with E-state index in [1.165, 1.54) is 6.07 Å². The molecule has 0 unspecified atom stereocenters. The third kappa shape index (κ3) is 3.09. The number of anilines is 1. The van der Waals surface area contributed by atoms with Gasteiger partial charge in [-0.25, -0.2) is 8.42 Å². The number of aromatic nitrogens is 2. The number of aliphatic hydroxyl groups is 1. The molecule has 0 saturated heterocycles. The fourth-order valence-electron chi connectivity index (χ4n) is 1.54. The van der Waals surface area contributed by atoms with Gasteiger partial charge in [-0.05, 0) is 31.0 Å². The minimum absolute atomic E-state index is 0.131. The van der Waals surface area contributed by atoms with Gasteiger partial charge in [-0.1, -0.05) is 23.5 Å². The van der Waals surface area contributed by atoms with E-state index in [0.29, 0.717) is 16.1 Å². The summed E-state index contributed by atoms with van der Waals surface area (Å²) < 4.78 is 26.9. The molecule has 0 aliphatic heterocycles. The molecular weight excluding hydrogens is 286 g/mol. The van der Waals surface area contributed by atoms with Crippen molar-refractivity contribution in [1.82, 2.24) is 10.2 Å². The van der Waals surface area contributed by atoms with Gasteiger partial charge in [-0.2, -0.15) is 0 Å². The molecule has 1 aromatic carbocycles. The maximum atomic E-state index is 12.2. The summed E-state index contributed by atoms with van der Waals surface area (Å²) in [7, 11) is -3.72. The Balaban J connectivity index is 2.39. The quantitative estimate of drug-likeness (QED) is 0.891. The van der Waals surface area contributed by atoms with Crippen molar-refractivity contribution in [3.8, 4) is 0 Å². The fourth-order valence-corrected chi connectivity index (χ4v) is 3.66. The Kier molecular flexibility index (Phi) is 3.83. The predicted molar refractivity (Wildman–Crippen MR) is 72.6 cm³/mol. The summed E-state index contributed by atoms with van der Waals surface area (Å²) >= 11 is 1.16. The molecular formula is C11H13N3O3S2. The third-order valence-corrected chi connectivity index (χ3v) is 4.84. The van der Waals surface area contributed by atoms with Crippen LogP contribution in [0.1, 0.15) is 16.1 Å². The highest BCUT2D eigenvalue weighted by Crippen LogP contribution is 2.22. The molecule has 0 bridgehead atoms. The Bertz CT molecular complexity index is 695. The Labute approximate surface area is 115 Å². The van der Waals surface area contributed by atoms with Crippen LogP contribution >= 0.6 is 11.3 Å². The van der Waals surface area contributed by atoms with E-state index in [1.807, 2.05) is 0 Å². The average Bonchev–Trinajstić information content (AvgIpc) is 2.74. The molecule has 2 aromatic rings. The zero-order valence-electron chi connectivity index (χ0n) is 10.4. The first-order chi connectivity index (χ1) is 8.92. The van der Waals surface area contributed by atoms with Gasteiger partial charge in [0.15, 0.2) is 0 Å². The predicted octanol–water partition coefficient (Wildman–Crippen LogP) is 1.45. The first kappa shape index (κ1) is 13.9. The molecule has 0 radical (unpaired) electrons. The fraction of sp³-hybridized carbons (Fsp3) is 0.273. The zero-order chi connectivity index (χ0) is 14.0. The van der Waals surface area contributed by atoms with Gasteiger partial charge in [-0.3, -0.25) is 4.72 Å². The van der Waals surface area contributed by atoms with Crippen molar-refractivity contribution in [3.05, 3.63) is 34.3 Å². The number of rotatable bonds is 4. The van der Waals surface area contributed by atoms with Crippen molar-refractivity contribution in [1.29, 1.82) is 0 Å². The molecule has 0 fully saturated rings. The number of aliphatic hydroxyl groups excluding tert-OH is 1. The van der Waals surface area contributed by atoms with E-state index in [0.717, 1.165) is 11.3 Å². The molecule has 0 aliphatic rings. The molecule has 19 heavy (non-hydrogen) atoms. The van der Waals surface area contributed by atoms with E-state index in [4.69, 9.17) is 5.11 Å². The Morgan fingerprint density at radius 1 is 1.32 bits per heavy atom. The largest absolute Gasteiger partial charge is 0.392 e. The molecule has 0 atom stereocenters. The van der Waals surface area contributed by atoms with Crippen LogP contribution in [0, 0.1) is 13.8 Å². The van der Waals surface area contributed by atoms with Crippen LogP contribution in [0.25, 0.3) is 0 Å². The Morgan fingerprint density at radius 3 is 2.63 bits per heavy atom. The monoisotopic (exact) mass is 299 g/mol. The number of sulfonamides is 1. The molecule has 102 valence electrons. The van der Waals surface area contributed by atoms with Crippen LogP contribution in [0.15, 0.2) is 23.1 Å². The summed E-state index contributed by atoms with van der Waals surface area (Å²) in [6, 6.07) is 4.79. The van der Waals surface area contributed by atoms with Gasteiger partial charge < -0.3 is 5.11 Å². The number of benzene rings is 1. The van der Waals surface area contributed by atoms with Gasteiger partial charge in [0.2, 0.25) is 5.13 Å². The number of hydrogen-bond acceptors (Lipinski definition) is 6. The smallest absolute Gasteiger partial charge is 0.263 e. The molecule has 2 N–H and O–H groups in total. The third-order valence-electron chi connectivity index (χ3n) is 2.47. The number of nitrogens with zero attached hydrogens (tertiary/aromatic N) is 2. The maximum Gasteiger partial charge on any atom is 0.263 e. The van der Waals surface area contributed by atoms with Crippen molar-refractivity contribution in [2.45, 2.75) is 25.3 Å². The van der Waals surface area contributed by atoms with Crippen molar-refractivity contribution in [2.24, 2.45) is 0 Å². The lowest BCUT2D eigenvalue weighted by Gasteiger charge is -2.09. The van der Waals surface area contributed by atoms with Crippen LogP contribution in [0.3, 0.4) is 0 Å². The van der Waals surface area contributed by atoms with Crippen LogP contribution in [0.2, 0.25) is 0 Å². The molecule has 1 heterocycles. The minimum Gasteiger partial charge on any atom is -0.392 e. The molecule has 0 aliphatic carbocycles. The molecule has 6 nitrogen and oxygen atoms in total. The van der Waals surface area contributed by atoms with Crippen LogP contribution in [0.5, 0.6) is 0 Å². The van der Waals surface area contributed by atoms with E-state index in [9.17, 15) is 8.42 Å². The molecule has 2 rings (SSSR count). The molecule has 0 spiro atoms. The van der Waals surface area contributed by atoms with Crippen LogP contribution < -0.4 is 4.72 Å². The zero-order valence-corrected chi connectivity index (χ0v) is 12.0. The second kappa shape index (κ2) is 5.24. The lowest BCUT2D eigenvalue weighted by atomic mass is 10.2. The second-order valence-corrected chi connectivity index (χ2v) is 6.82. The van der Waals surface area contributed by atoms with Gasteiger partial charge in [0.25, 0.3) is 10.0 Å². The van der Waals surface area contributed by atoms with Crippen molar-refractivity contribution in [3.63, 3.8) is 0 Å². The van der Waals surface area contributed by atoms with Crippen LogP contribution in [-0.2, 0) is 16.6 Å². The molecule has 0 amide bonds. The van der Waals surface area contributed by atoms with E-state index >= 15 is 0 Å². The summed E-state index contributed by atoms with van der Waals surface area (Å²) in [6.45, 7) is 3.23. The Hall–Kier alpha value is -1.51. The SMILES string of the molecule is Cc1nnc(NS(=O)(=O)c2cc(CO)ccc2C)s1. The highest BCUT2D eigenvalue weighted by molar-refractivity contribution is 7.93. The highest BCUT2D eigenvalue weighted by Gasteiger charge is 2.19. The average molecular weight is 299 g/mol. The summed E-state index contributed by atoms with van der Waals surface area (Å²) in [5.74, 6) is 0. The first-order valence-corrected chi connectivity index (χ1v) is 7.75. The Morgan fingerprint density at radius 2 is 2.05 bits per heavy atom. The summed E-state index contributed by atoms with van der Waals surface area (Å²) in [5, 5.41) is 17.5. The summed E-state index contributed by atoms with van der Waals surface area (Å²) in [6.07, 6.45) is 0. The topological polar surface area (TPSA) is 92.2 Å². The lowest BCUT2D eigenvalue weighted by Crippen LogP contribution is -2.14. The number of hydrogen-bond donors (Lipinski definition) is 2. The summed E-state index contributed by atoms with van der Waals surface area (Å²) in [4.78, 5) is 0.131. The van der Waals surface area contributed by atoms with Gasteiger partial charge in [0, 0.05) is 0 Å². The minimum atomic E-state index is -3.72. The van der Waals surface area contributed by atoms with Gasteiger partial charge in [0.1, 0.15) is 5.01 Å². The van der Waals surface area contributed by atoms with Gasteiger partial charge >= 0.3 is 0 Å². The number of aryl methyl sites for hydroxylation is 2. The van der Waals surface area contributed by atoms with Gasteiger partial charge in [-0.15, -0.1) is 10.2 Å². The standard InChI is InChI=1S/C11H13N3O3S2/c1-7-3-4-9(6-15)5-10(7)19(16,17)14-11-13-12-8(2)18-11/h3-5,15H,6H2,1-2H3,(H,13,14). The van der Waals surface area contributed by atoms with Crippen molar-refractivity contribution < 1.29 is 13.5 Å². The molecule has 0 saturated carbocycles. The maximum absolute atomic E-state index is 12.2. The van der Waals surface area contributed by atoms with Crippen molar-refractivity contribution in [2.75, 3.05) is 4.72 Å². The van der Waals surface area contributed by atoms with E-state index in [2.05, 4.69) is 14.9 Å². The van der Waals surface area contributed by atoms with Crippen LogP contribution in [-0.4, -0.2) is 23.7 Å². The first-order valence-electron chi connectivity index (χ1n) is 5.45. The number of nitrogens with one attached hydrogen (secondary N) is 1. The van der Waals surface area contributed by atoms with Crippen LogP contribution in [0.4, 0.5) is 5.13 Å². The highest BCUT2D eigenvalue weighted by atomic mass is 32.2. The molecule has 1 aromatic heterocycles. The van der Waals surface area contributed by atoms with E-state index in [-0.39, 0.29) is 16.6 Å². The summed E-state index contributed by atoms with van der Waals surface area (Å²) in [5.41, 5.74) is 1.14. The normalized spacial score (nSPS) is 11.5.